The van der Waals surface area contributed by atoms with E-state index in [9.17, 15) is 8.78 Å². The van der Waals surface area contributed by atoms with Crippen LogP contribution < -0.4 is 14.5 Å². The van der Waals surface area contributed by atoms with Gasteiger partial charge in [0.1, 0.15) is 5.82 Å². The Morgan fingerprint density at radius 3 is 2.52 bits per heavy atom. The summed E-state index contributed by atoms with van der Waals surface area (Å²) in [5, 5.41) is 3.17. The number of ether oxygens (including phenoxy) is 2. The van der Waals surface area contributed by atoms with Gasteiger partial charge in [-0.05, 0) is 30.7 Å². The first-order valence-electron chi connectivity index (χ1n) is 11.5. The molecule has 3 aliphatic rings. The number of benzene rings is 1. The average Bonchev–Trinajstić information content (AvgIpc) is 3.17. The van der Waals surface area contributed by atoms with Crippen LogP contribution in [-0.2, 0) is 9.47 Å². The number of anilines is 3. The Morgan fingerprint density at radius 2 is 1.88 bits per heavy atom. The van der Waals surface area contributed by atoms with Crippen LogP contribution >= 0.6 is 12.8 Å². The van der Waals surface area contributed by atoms with E-state index >= 15 is 0 Å². The van der Waals surface area contributed by atoms with Gasteiger partial charge in [-0.3, -0.25) is 0 Å². The molecule has 1 saturated carbocycles. The number of hydrogen-bond donors (Lipinski definition) is 2. The molecule has 1 aromatic heterocycles. The molecular weight excluding hydrogens is 446 g/mol. The summed E-state index contributed by atoms with van der Waals surface area (Å²) in [4.78, 5) is 7.29. The van der Waals surface area contributed by atoms with Gasteiger partial charge in [-0.25, -0.2) is 13.8 Å². The Balaban J connectivity index is 1.35. The second-order valence-electron chi connectivity index (χ2n) is 9.16. The molecule has 1 aliphatic carbocycles. The van der Waals surface area contributed by atoms with Gasteiger partial charge in [-0.1, -0.05) is 24.9 Å². The van der Waals surface area contributed by atoms with Gasteiger partial charge in [0.25, 0.3) is 5.92 Å². The van der Waals surface area contributed by atoms with Gasteiger partial charge in [-0.2, -0.15) is 0 Å². The van der Waals surface area contributed by atoms with E-state index in [0.717, 1.165) is 59.9 Å². The smallest absolute Gasteiger partial charge is 0.253 e. The molecule has 1 aromatic carbocycles. The summed E-state index contributed by atoms with van der Waals surface area (Å²) in [5.41, 5.74) is 4.55. The number of thiol groups is 1. The third-order valence-corrected chi connectivity index (χ3v) is 7.28. The Bertz CT molecular complexity index is 1020. The summed E-state index contributed by atoms with van der Waals surface area (Å²) in [5.74, 6) is -2.64. The highest BCUT2D eigenvalue weighted by atomic mass is 32.1. The Kier molecular flexibility index (Phi) is 5.91. The highest BCUT2D eigenvalue weighted by Crippen LogP contribution is 2.50. The largest absolute Gasteiger partial charge is 0.386 e. The molecule has 6 nitrogen and oxygen atoms in total. The van der Waals surface area contributed by atoms with Crippen molar-refractivity contribution in [1.82, 2.24) is 4.98 Å². The van der Waals surface area contributed by atoms with Crippen molar-refractivity contribution in [2.45, 2.75) is 37.9 Å². The minimum Gasteiger partial charge on any atom is -0.386 e. The molecule has 2 saturated heterocycles. The molecule has 1 N–H and O–H groups in total. The Labute approximate surface area is 198 Å². The summed E-state index contributed by atoms with van der Waals surface area (Å²) in [7, 11) is 1.82. The molecule has 33 heavy (non-hydrogen) atoms. The van der Waals surface area contributed by atoms with E-state index < -0.39 is 17.6 Å². The third kappa shape index (κ3) is 4.50. The zero-order valence-electron chi connectivity index (χ0n) is 19.0. The lowest BCUT2D eigenvalue weighted by Crippen LogP contribution is -2.45. The number of aromatic nitrogens is 1. The Hall–Kier alpha value is -2.10. The van der Waals surface area contributed by atoms with Crippen LogP contribution in [0.15, 0.2) is 30.3 Å². The van der Waals surface area contributed by atoms with Crippen molar-refractivity contribution in [1.29, 1.82) is 0 Å². The van der Waals surface area contributed by atoms with Crippen LogP contribution in [0.4, 0.5) is 26.0 Å². The number of nitrogens with zero attached hydrogens (tertiary/aromatic N) is 3. The first kappa shape index (κ1) is 22.7. The zero-order chi connectivity index (χ0) is 23.2. The topological polar surface area (TPSA) is 49.9 Å². The third-order valence-electron chi connectivity index (χ3n) is 6.90. The molecule has 2 aliphatic heterocycles. The van der Waals surface area contributed by atoms with Crippen LogP contribution in [0.25, 0.3) is 11.3 Å². The van der Waals surface area contributed by atoms with E-state index in [0.29, 0.717) is 13.2 Å². The van der Waals surface area contributed by atoms with E-state index in [4.69, 9.17) is 14.5 Å². The molecule has 0 radical (unpaired) electrons. The number of rotatable bonds is 6. The maximum Gasteiger partial charge on any atom is 0.253 e. The molecule has 5 rings (SSSR count). The lowest BCUT2D eigenvalue weighted by molar-refractivity contribution is -0.169. The van der Waals surface area contributed by atoms with Crippen molar-refractivity contribution in [3.63, 3.8) is 0 Å². The van der Waals surface area contributed by atoms with E-state index in [2.05, 4.69) is 36.0 Å². The highest BCUT2D eigenvalue weighted by molar-refractivity contribution is 7.81. The molecule has 1 unspecified atom stereocenters. The number of aryl methyl sites for hydroxylation is 1. The summed E-state index contributed by atoms with van der Waals surface area (Å²) in [6.45, 7) is 5.29. The van der Waals surface area contributed by atoms with E-state index in [-0.39, 0.29) is 13.0 Å². The maximum atomic E-state index is 13.3. The molecule has 178 valence electrons. The lowest BCUT2D eigenvalue weighted by atomic mass is 10.0. The number of hydrogen-bond acceptors (Lipinski definition) is 7. The summed E-state index contributed by atoms with van der Waals surface area (Å²) >= 11 is 4.47. The summed E-state index contributed by atoms with van der Waals surface area (Å²) in [6.07, 6.45) is 1.59. The molecule has 1 spiro atoms. The normalized spacial score (nSPS) is 23.1. The predicted octanol–water partition coefficient (Wildman–Crippen LogP) is 4.75. The minimum atomic E-state index is -2.56. The number of nitrogens with one attached hydrogen (secondary N) is 1. The predicted molar refractivity (Wildman–Crippen MR) is 129 cm³/mol. The van der Waals surface area contributed by atoms with Crippen molar-refractivity contribution in [3.05, 3.63) is 35.9 Å². The Morgan fingerprint density at radius 1 is 1.18 bits per heavy atom. The van der Waals surface area contributed by atoms with Gasteiger partial charge in [0.05, 0.1) is 30.3 Å². The van der Waals surface area contributed by atoms with Crippen LogP contribution in [0.2, 0.25) is 0 Å². The standard InChI is InChI=1S/C24H30F2N4O2S/c1-16-3-5-19(28-22(16)29-9-7-23(8-10-29)31-11-12-32-23)17-4-6-21(20(13-17)27-2)30(33)15-18-14-24(18,25)26/h3-6,13,18,27,33H,7-12,14-15H2,1-2H3. The summed E-state index contributed by atoms with van der Waals surface area (Å²) < 4.78 is 40.0. The fraction of sp³-hybridized carbons (Fsp3) is 0.542. The van der Waals surface area contributed by atoms with Gasteiger partial charge in [-0.15, -0.1) is 0 Å². The second kappa shape index (κ2) is 8.60. The van der Waals surface area contributed by atoms with Crippen molar-refractivity contribution < 1.29 is 18.3 Å². The van der Waals surface area contributed by atoms with Crippen molar-refractivity contribution in [2.24, 2.45) is 5.92 Å². The molecule has 3 fully saturated rings. The van der Waals surface area contributed by atoms with Gasteiger partial charge in [0.15, 0.2) is 5.79 Å². The molecule has 9 heteroatoms. The minimum absolute atomic E-state index is 0.0665. The van der Waals surface area contributed by atoms with E-state index in [1.54, 1.807) is 4.31 Å². The van der Waals surface area contributed by atoms with Crippen LogP contribution in [-0.4, -0.2) is 56.6 Å². The van der Waals surface area contributed by atoms with Gasteiger partial charge in [0, 0.05) is 57.4 Å². The fourth-order valence-corrected chi connectivity index (χ4v) is 5.11. The number of halogens is 2. The molecule has 1 atom stereocenters. The number of pyridine rings is 1. The molecular formula is C24H30F2N4O2S. The molecule has 0 bridgehead atoms. The first-order chi connectivity index (χ1) is 15.8. The molecule has 3 heterocycles. The molecule has 2 aromatic rings. The van der Waals surface area contributed by atoms with Crippen LogP contribution in [0.5, 0.6) is 0 Å². The quantitative estimate of drug-likeness (QED) is 0.587. The number of alkyl halides is 2. The summed E-state index contributed by atoms with van der Waals surface area (Å²) in [6, 6.07) is 9.99. The van der Waals surface area contributed by atoms with Crippen LogP contribution in [0.1, 0.15) is 24.8 Å². The van der Waals surface area contributed by atoms with Crippen molar-refractivity contribution in [3.8, 4) is 11.3 Å². The fourth-order valence-electron chi connectivity index (χ4n) is 4.74. The lowest BCUT2D eigenvalue weighted by Gasteiger charge is -2.38. The van der Waals surface area contributed by atoms with Crippen molar-refractivity contribution in [2.75, 3.05) is 54.4 Å². The van der Waals surface area contributed by atoms with Gasteiger partial charge >= 0.3 is 0 Å². The van der Waals surface area contributed by atoms with Crippen LogP contribution in [0.3, 0.4) is 0 Å². The number of piperidine rings is 1. The molecule has 0 amide bonds. The monoisotopic (exact) mass is 476 g/mol. The zero-order valence-corrected chi connectivity index (χ0v) is 19.9. The van der Waals surface area contributed by atoms with Gasteiger partial charge < -0.3 is 24.0 Å². The van der Waals surface area contributed by atoms with E-state index in [1.165, 1.54) is 0 Å². The average molecular weight is 477 g/mol. The maximum absolute atomic E-state index is 13.3. The van der Waals surface area contributed by atoms with Crippen LogP contribution in [0, 0.1) is 12.8 Å². The van der Waals surface area contributed by atoms with Gasteiger partial charge in [0.2, 0.25) is 0 Å². The van der Waals surface area contributed by atoms with Crippen molar-refractivity contribution >= 4 is 30.0 Å². The first-order valence-corrected chi connectivity index (χ1v) is 11.9. The van der Waals surface area contributed by atoms with E-state index in [1.807, 2.05) is 31.3 Å². The second-order valence-corrected chi connectivity index (χ2v) is 9.64. The highest BCUT2D eigenvalue weighted by Gasteiger charge is 2.57. The SMILES string of the molecule is CNc1cc(-c2ccc(C)c(N3CCC4(CC3)OCCO4)n2)ccc1N(S)CC1CC1(F)F.